The minimum absolute atomic E-state index is 0.105. The molecule has 1 aliphatic rings. The lowest BCUT2D eigenvalue weighted by molar-refractivity contribution is 0.208. The molecule has 2 aromatic carbocycles. The molecule has 2 aromatic heterocycles. The van der Waals surface area contributed by atoms with E-state index in [4.69, 9.17) is 10.2 Å². The van der Waals surface area contributed by atoms with Crippen molar-refractivity contribution < 1.29 is 13.6 Å². The van der Waals surface area contributed by atoms with Crippen molar-refractivity contribution in [1.82, 2.24) is 19.9 Å². The highest BCUT2D eigenvalue weighted by Crippen LogP contribution is 2.26. The van der Waals surface area contributed by atoms with Crippen molar-refractivity contribution in [2.75, 3.05) is 42.1 Å². The second-order valence-corrected chi connectivity index (χ2v) is 8.57. The van der Waals surface area contributed by atoms with Crippen LogP contribution in [0.15, 0.2) is 52.9 Å². The maximum absolute atomic E-state index is 13.1. The van der Waals surface area contributed by atoms with Crippen LogP contribution in [0.25, 0.3) is 11.2 Å². The van der Waals surface area contributed by atoms with Gasteiger partial charge in [-0.05, 0) is 48.7 Å². The summed E-state index contributed by atoms with van der Waals surface area (Å²) in [6.07, 6.45) is 1.19. The largest absolute Gasteiger partial charge is 0.422 e. The molecule has 10 heteroatoms. The Bertz CT molecular complexity index is 1350. The van der Waals surface area contributed by atoms with E-state index in [0.29, 0.717) is 62.0 Å². The highest BCUT2D eigenvalue weighted by Gasteiger charge is 2.25. The molecule has 35 heavy (non-hydrogen) atoms. The van der Waals surface area contributed by atoms with E-state index in [1.807, 2.05) is 36.1 Å². The van der Waals surface area contributed by atoms with E-state index < -0.39 is 0 Å². The number of carbonyl (C=O) groups excluding carboxylic acids is 1. The van der Waals surface area contributed by atoms with Gasteiger partial charge in [-0.3, -0.25) is 0 Å². The van der Waals surface area contributed by atoms with Gasteiger partial charge in [0.15, 0.2) is 17.2 Å². The Kier molecular flexibility index (Phi) is 6.17. The number of aryl methyl sites for hydroxylation is 3. The Hall–Kier alpha value is -4.21. The molecule has 1 aliphatic heterocycles. The van der Waals surface area contributed by atoms with Crippen LogP contribution in [-0.2, 0) is 12.8 Å². The molecule has 9 nitrogen and oxygen atoms in total. The van der Waals surface area contributed by atoms with Crippen LogP contribution < -0.4 is 16.0 Å². The van der Waals surface area contributed by atoms with Gasteiger partial charge in [-0.25, -0.2) is 14.2 Å². The first kappa shape index (κ1) is 22.6. The molecule has 0 atom stereocenters. The summed E-state index contributed by atoms with van der Waals surface area (Å²) >= 11 is 0. The number of anilines is 3. The van der Waals surface area contributed by atoms with E-state index in [2.05, 4.69) is 20.3 Å². The number of hydrogen-bond donors (Lipinski definition) is 2. The molecule has 1 fully saturated rings. The second-order valence-electron chi connectivity index (χ2n) is 8.57. The predicted octanol–water partition coefficient (Wildman–Crippen LogP) is 3.79. The monoisotopic (exact) mass is 475 g/mol. The molecule has 4 aromatic rings. The number of nitrogens with two attached hydrogens (primary N) is 1. The average Bonchev–Trinajstić information content (AvgIpc) is 3.26. The number of nitrogens with one attached hydrogen (secondary N) is 1. The number of halogens is 1. The summed E-state index contributed by atoms with van der Waals surface area (Å²) in [7, 11) is 0. The van der Waals surface area contributed by atoms with Crippen LogP contribution in [0, 0.1) is 12.7 Å². The number of urea groups is 1. The molecule has 1 saturated heterocycles. The molecule has 0 spiro atoms. The molecule has 2 amide bonds. The van der Waals surface area contributed by atoms with E-state index in [1.165, 1.54) is 12.1 Å². The van der Waals surface area contributed by atoms with Crippen molar-refractivity contribution in [2.24, 2.45) is 0 Å². The molecular weight excluding hydrogens is 449 g/mol. The number of nitrogen functional groups attached to an aromatic ring is 1. The van der Waals surface area contributed by atoms with Gasteiger partial charge in [0, 0.05) is 38.3 Å². The third kappa shape index (κ3) is 5.16. The summed E-state index contributed by atoms with van der Waals surface area (Å²) in [4.78, 5) is 29.8. The lowest BCUT2D eigenvalue weighted by atomic mass is 10.1. The van der Waals surface area contributed by atoms with Crippen LogP contribution in [0.1, 0.15) is 17.0 Å². The SMILES string of the molecule is Cc1cccc(NC(=O)N2CCN(c3nc(N)nc4oc(CCc5ccc(F)cc5)nc34)CC2)c1. The maximum atomic E-state index is 13.1. The molecule has 180 valence electrons. The first-order chi connectivity index (χ1) is 16.9. The van der Waals surface area contributed by atoms with Gasteiger partial charge in [0.1, 0.15) is 5.82 Å². The number of amides is 2. The highest BCUT2D eigenvalue weighted by molar-refractivity contribution is 5.90. The summed E-state index contributed by atoms with van der Waals surface area (Å²) in [6, 6.07) is 13.9. The van der Waals surface area contributed by atoms with Crippen molar-refractivity contribution in [1.29, 1.82) is 0 Å². The third-order valence-electron chi connectivity index (χ3n) is 5.98. The minimum Gasteiger partial charge on any atom is -0.422 e. The van der Waals surface area contributed by atoms with Crippen molar-refractivity contribution >= 4 is 34.7 Å². The van der Waals surface area contributed by atoms with Gasteiger partial charge in [-0.15, -0.1) is 0 Å². The Labute approximate surface area is 201 Å². The number of fused-ring (bicyclic) bond motifs is 1. The van der Waals surface area contributed by atoms with Gasteiger partial charge in [-0.1, -0.05) is 24.3 Å². The van der Waals surface area contributed by atoms with Crippen molar-refractivity contribution in [3.05, 3.63) is 71.4 Å². The van der Waals surface area contributed by atoms with Crippen molar-refractivity contribution in [3.8, 4) is 0 Å². The van der Waals surface area contributed by atoms with Crippen LogP contribution in [0.2, 0.25) is 0 Å². The van der Waals surface area contributed by atoms with E-state index in [0.717, 1.165) is 16.8 Å². The quantitative estimate of drug-likeness (QED) is 0.451. The maximum Gasteiger partial charge on any atom is 0.321 e. The molecule has 0 aliphatic carbocycles. The zero-order valence-electron chi connectivity index (χ0n) is 19.4. The Balaban J connectivity index is 1.26. The minimum atomic E-state index is -0.265. The van der Waals surface area contributed by atoms with E-state index >= 15 is 0 Å². The summed E-state index contributed by atoms with van der Waals surface area (Å²) in [6.45, 7) is 4.19. The number of piperazine rings is 1. The zero-order valence-corrected chi connectivity index (χ0v) is 19.4. The lowest BCUT2D eigenvalue weighted by Gasteiger charge is -2.35. The second kappa shape index (κ2) is 9.57. The standard InChI is InChI=1S/C25H26FN7O2/c1-16-3-2-4-19(15-16)28-25(34)33-13-11-32(12-14-33)22-21-23(31-24(27)30-22)35-20(29-21)10-7-17-5-8-18(26)9-6-17/h2-6,8-9,15H,7,10-14H2,1H3,(H,28,34)(H2,27,30,31). The lowest BCUT2D eigenvalue weighted by Crippen LogP contribution is -2.50. The van der Waals surface area contributed by atoms with Gasteiger partial charge in [0.05, 0.1) is 0 Å². The van der Waals surface area contributed by atoms with E-state index in [-0.39, 0.29) is 17.8 Å². The Morgan fingerprint density at radius 3 is 2.57 bits per heavy atom. The molecule has 3 N–H and O–H groups in total. The molecule has 0 saturated carbocycles. The number of benzene rings is 2. The fourth-order valence-electron chi connectivity index (χ4n) is 4.14. The zero-order chi connectivity index (χ0) is 24.4. The van der Waals surface area contributed by atoms with Crippen LogP contribution in [0.3, 0.4) is 0 Å². The number of carbonyl (C=O) groups is 1. The molecule has 0 radical (unpaired) electrons. The molecule has 5 rings (SSSR count). The number of oxazole rings is 1. The fourth-order valence-corrected chi connectivity index (χ4v) is 4.14. The van der Waals surface area contributed by atoms with Crippen LogP contribution in [-0.4, -0.2) is 52.1 Å². The van der Waals surface area contributed by atoms with Gasteiger partial charge in [-0.2, -0.15) is 9.97 Å². The van der Waals surface area contributed by atoms with E-state index in [1.54, 1.807) is 17.0 Å². The highest BCUT2D eigenvalue weighted by atomic mass is 19.1. The first-order valence-corrected chi connectivity index (χ1v) is 11.5. The first-order valence-electron chi connectivity index (χ1n) is 11.5. The summed E-state index contributed by atoms with van der Waals surface area (Å²) in [5, 5.41) is 2.95. The number of nitrogens with zero attached hydrogens (tertiary/aromatic N) is 5. The van der Waals surface area contributed by atoms with Gasteiger partial charge >= 0.3 is 6.03 Å². The molecule has 0 bridgehead atoms. The van der Waals surface area contributed by atoms with Crippen LogP contribution >= 0.6 is 0 Å². The van der Waals surface area contributed by atoms with Gasteiger partial charge in [0.25, 0.3) is 5.71 Å². The number of aromatic nitrogens is 3. The normalized spacial score (nSPS) is 13.9. The predicted molar refractivity (Wildman–Crippen MR) is 132 cm³/mol. The Morgan fingerprint density at radius 2 is 1.83 bits per heavy atom. The molecular formula is C25H26FN7O2. The summed E-state index contributed by atoms with van der Waals surface area (Å²) in [5.41, 5.74) is 9.68. The van der Waals surface area contributed by atoms with Gasteiger partial charge in [0.2, 0.25) is 5.95 Å². The summed E-state index contributed by atoms with van der Waals surface area (Å²) in [5.74, 6) is 0.955. The van der Waals surface area contributed by atoms with E-state index in [9.17, 15) is 9.18 Å². The molecule has 3 heterocycles. The topological polar surface area (TPSA) is 113 Å². The Morgan fingerprint density at radius 1 is 1.06 bits per heavy atom. The van der Waals surface area contributed by atoms with Crippen molar-refractivity contribution in [3.63, 3.8) is 0 Å². The number of rotatable bonds is 5. The smallest absolute Gasteiger partial charge is 0.321 e. The number of hydrogen-bond acceptors (Lipinski definition) is 7. The van der Waals surface area contributed by atoms with Crippen LogP contribution in [0.4, 0.5) is 26.6 Å². The van der Waals surface area contributed by atoms with Crippen molar-refractivity contribution in [2.45, 2.75) is 19.8 Å². The van der Waals surface area contributed by atoms with Crippen LogP contribution in [0.5, 0.6) is 0 Å². The third-order valence-corrected chi connectivity index (χ3v) is 5.98. The van der Waals surface area contributed by atoms with Gasteiger partial charge < -0.3 is 25.3 Å². The fraction of sp³-hybridized carbons (Fsp3) is 0.280. The molecule has 0 unspecified atom stereocenters. The summed E-state index contributed by atoms with van der Waals surface area (Å²) < 4.78 is 19.0. The average molecular weight is 476 g/mol.